The standard InChI is InChI=1S/C23H28ClFN2O/c1-15-7-8-19(16(2)13-15)17(3)26-23(28)18-9-11-27(12-10-18)14-20-21(24)5-4-6-22(20)25/h4-8,13,17-18H,9-12,14H2,1-3H3,(H,26,28)/t17-/m0/s1. The van der Waals surface area contributed by atoms with E-state index in [1.165, 1.54) is 17.2 Å². The molecule has 28 heavy (non-hydrogen) atoms. The highest BCUT2D eigenvalue weighted by Gasteiger charge is 2.27. The summed E-state index contributed by atoms with van der Waals surface area (Å²) in [6.45, 7) is 8.20. The molecular weight excluding hydrogens is 375 g/mol. The predicted molar refractivity (Wildman–Crippen MR) is 112 cm³/mol. The zero-order valence-corrected chi connectivity index (χ0v) is 17.5. The number of piperidine rings is 1. The molecule has 2 aromatic carbocycles. The average molecular weight is 403 g/mol. The van der Waals surface area contributed by atoms with Crippen molar-refractivity contribution in [2.75, 3.05) is 13.1 Å². The number of carbonyl (C=O) groups excluding carboxylic acids is 1. The Balaban J connectivity index is 1.53. The van der Waals surface area contributed by atoms with Crippen LogP contribution in [0.3, 0.4) is 0 Å². The van der Waals surface area contributed by atoms with Crippen LogP contribution in [0.2, 0.25) is 5.02 Å². The summed E-state index contributed by atoms with van der Waals surface area (Å²) in [5, 5.41) is 3.63. The Bertz CT molecular complexity index is 826. The third-order valence-electron chi connectivity index (χ3n) is 5.65. The van der Waals surface area contributed by atoms with Crippen LogP contribution in [0.4, 0.5) is 4.39 Å². The van der Waals surface area contributed by atoms with Gasteiger partial charge in [0, 0.05) is 23.0 Å². The second-order valence-corrected chi connectivity index (χ2v) is 8.25. The van der Waals surface area contributed by atoms with Crippen molar-refractivity contribution in [1.29, 1.82) is 0 Å². The van der Waals surface area contributed by atoms with Crippen LogP contribution >= 0.6 is 11.6 Å². The van der Waals surface area contributed by atoms with Gasteiger partial charge in [-0.3, -0.25) is 9.69 Å². The van der Waals surface area contributed by atoms with Gasteiger partial charge in [0.1, 0.15) is 5.82 Å². The molecule has 0 bridgehead atoms. The molecule has 1 atom stereocenters. The van der Waals surface area contributed by atoms with E-state index in [4.69, 9.17) is 11.6 Å². The molecule has 1 N–H and O–H groups in total. The first kappa shape index (κ1) is 20.8. The minimum absolute atomic E-state index is 0.000506. The van der Waals surface area contributed by atoms with Gasteiger partial charge in [0.15, 0.2) is 0 Å². The predicted octanol–water partition coefficient (Wildman–Crippen LogP) is 5.19. The Morgan fingerprint density at radius 2 is 1.96 bits per heavy atom. The number of halogens is 2. The van der Waals surface area contributed by atoms with Gasteiger partial charge in [-0.15, -0.1) is 0 Å². The molecule has 1 aliphatic heterocycles. The molecule has 0 aliphatic carbocycles. The first-order valence-electron chi connectivity index (χ1n) is 9.88. The SMILES string of the molecule is Cc1ccc([C@H](C)NC(=O)C2CCN(Cc3c(F)cccc3Cl)CC2)c(C)c1. The Morgan fingerprint density at radius 1 is 1.25 bits per heavy atom. The molecule has 2 aromatic rings. The van der Waals surface area contributed by atoms with E-state index in [-0.39, 0.29) is 23.7 Å². The number of rotatable bonds is 5. The van der Waals surface area contributed by atoms with Gasteiger partial charge in [-0.05, 0) is 70.0 Å². The topological polar surface area (TPSA) is 32.3 Å². The molecule has 0 aromatic heterocycles. The number of carbonyl (C=O) groups is 1. The number of likely N-dealkylation sites (tertiary alicyclic amines) is 1. The van der Waals surface area contributed by atoms with Gasteiger partial charge in [-0.2, -0.15) is 0 Å². The highest BCUT2D eigenvalue weighted by molar-refractivity contribution is 6.31. The Kier molecular flexibility index (Phi) is 6.73. The van der Waals surface area contributed by atoms with Crippen LogP contribution in [0.25, 0.3) is 0 Å². The van der Waals surface area contributed by atoms with E-state index < -0.39 is 0 Å². The zero-order chi connectivity index (χ0) is 20.3. The van der Waals surface area contributed by atoms with Gasteiger partial charge in [0.25, 0.3) is 0 Å². The van der Waals surface area contributed by atoms with Gasteiger partial charge >= 0.3 is 0 Å². The lowest BCUT2D eigenvalue weighted by Gasteiger charge is -2.32. The molecule has 1 fully saturated rings. The van der Waals surface area contributed by atoms with Crippen molar-refractivity contribution in [2.45, 2.75) is 46.2 Å². The van der Waals surface area contributed by atoms with E-state index >= 15 is 0 Å². The Morgan fingerprint density at radius 3 is 2.61 bits per heavy atom. The maximum atomic E-state index is 14.0. The quantitative estimate of drug-likeness (QED) is 0.746. The first-order valence-corrected chi connectivity index (χ1v) is 10.3. The molecule has 150 valence electrons. The van der Waals surface area contributed by atoms with E-state index in [2.05, 4.69) is 42.3 Å². The highest BCUT2D eigenvalue weighted by atomic mass is 35.5. The van der Waals surface area contributed by atoms with Gasteiger partial charge < -0.3 is 5.32 Å². The van der Waals surface area contributed by atoms with Crippen LogP contribution in [0, 0.1) is 25.6 Å². The largest absolute Gasteiger partial charge is 0.349 e. The first-order chi connectivity index (χ1) is 13.3. The molecule has 1 aliphatic rings. The summed E-state index contributed by atoms with van der Waals surface area (Å²) in [4.78, 5) is 14.9. The summed E-state index contributed by atoms with van der Waals surface area (Å²) >= 11 is 6.14. The number of aryl methyl sites for hydroxylation is 2. The number of nitrogens with zero attached hydrogens (tertiary/aromatic N) is 1. The van der Waals surface area contributed by atoms with Crippen LogP contribution in [0.15, 0.2) is 36.4 Å². The van der Waals surface area contributed by atoms with E-state index in [1.54, 1.807) is 12.1 Å². The summed E-state index contributed by atoms with van der Waals surface area (Å²) in [5.74, 6) is -0.161. The number of amides is 1. The fraction of sp³-hybridized carbons (Fsp3) is 0.435. The number of hydrogen-bond donors (Lipinski definition) is 1. The summed E-state index contributed by atoms with van der Waals surface area (Å²) in [7, 11) is 0. The number of nitrogens with one attached hydrogen (secondary N) is 1. The van der Waals surface area contributed by atoms with Crippen LogP contribution in [0.1, 0.15) is 48.1 Å². The zero-order valence-electron chi connectivity index (χ0n) is 16.8. The van der Waals surface area contributed by atoms with Crippen molar-refractivity contribution in [1.82, 2.24) is 10.2 Å². The fourth-order valence-electron chi connectivity index (χ4n) is 3.98. The van der Waals surface area contributed by atoms with Crippen LogP contribution in [-0.4, -0.2) is 23.9 Å². The van der Waals surface area contributed by atoms with Gasteiger partial charge in [0.2, 0.25) is 5.91 Å². The smallest absolute Gasteiger partial charge is 0.223 e. The lowest BCUT2D eigenvalue weighted by atomic mass is 9.94. The third-order valence-corrected chi connectivity index (χ3v) is 6.01. The minimum atomic E-state index is -0.269. The van der Waals surface area contributed by atoms with Crippen LogP contribution in [0.5, 0.6) is 0 Å². The minimum Gasteiger partial charge on any atom is -0.349 e. The number of hydrogen-bond acceptors (Lipinski definition) is 2. The maximum absolute atomic E-state index is 14.0. The van der Waals surface area contributed by atoms with Crippen molar-refractivity contribution in [3.63, 3.8) is 0 Å². The molecule has 1 heterocycles. The highest BCUT2D eigenvalue weighted by Crippen LogP contribution is 2.25. The molecule has 0 radical (unpaired) electrons. The van der Waals surface area contributed by atoms with E-state index in [0.717, 1.165) is 31.5 Å². The molecule has 3 nitrogen and oxygen atoms in total. The summed E-state index contributed by atoms with van der Waals surface area (Å²) in [6.07, 6.45) is 1.55. The summed E-state index contributed by atoms with van der Waals surface area (Å²) in [6, 6.07) is 11.1. The van der Waals surface area contributed by atoms with E-state index in [9.17, 15) is 9.18 Å². The van der Waals surface area contributed by atoms with Crippen LogP contribution < -0.4 is 5.32 Å². The molecule has 1 saturated heterocycles. The molecular formula is C23H28ClFN2O. The van der Waals surface area contributed by atoms with E-state index in [0.29, 0.717) is 17.1 Å². The second-order valence-electron chi connectivity index (χ2n) is 7.84. The molecule has 0 saturated carbocycles. The normalized spacial score (nSPS) is 16.8. The fourth-order valence-corrected chi connectivity index (χ4v) is 4.20. The lowest BCUT2D eigenvalue weighted by Crippen LogP contribution is -2.41. The van der Waals surface area contributed by atoms with Gasteiger partial charge in [-0.1, -0.05) is 41.4 Å². The van der Waals surface area contributed by atoms with Crippen molar-refractivity contribution >= 4 is 17.5 Å². The monoisotopic (exact) mass is 402 g/mol. The van der Waals surface area contributed by atoms with E-state index in [1.807, 2.05) is 6.92 Å². The van der Waals surface area contributed by atoms with Gasteiger partial charge in [0.05, 0.1) is 6.04 Å². The molecule has 0 spiro atoms. The number of benzene rings is 2. The maximum Gasteiger partial charge on any atom is 0.223 e. The Hall–Kier alpha value is -1.91. The van der Waals surface area contributed by atoms with Crippen molar-refractivity contribution in [2.24, 2.45) is 5.92 Å². The van der Waals surface area contributed by atoms with Crippen molar-refractivity contribution < 1.29 is 9.18 Å². The van der Waals surface area contributed by atoms with Crippen molar-refractivity contribution in [3.05, 3.63) is 69.5 Å². The molecule has 5 heteroatoms. The van der Waals surface area contributed by atoms with Gasteiger partial charge in [-0.25, -0.2) is 4.39 Å². The Labute approximate surface area is 171 Å². The summed E-state index contributed by atoms with van der Waals surface area (Å²) in [5.41, 5.74) is 4.12. The lowest BCUT2D eigenvalue weighted by molar-refractivity contribution is -0.127. The molecule has 1 amide bonds. The van der Waals surface area contributed by atoms with Crippen LogP contribution in [-0.2, 0) is 11.3 Å². The third kappa shape index (κ3) is 4.92. The van der Waals surface area contributed by atoms with Crippen molar-refractivity contribution in [3.8, 4) is 0 Å². The average Bonchev–Trinajstić information content (AvgIpc) is 2.65. The second kappa shape index (κ2) is 9.06. The molecule has 3 rings (SSSR count). The molecule has 0 unspecified atom stereocenters. The summed E-state index contributed by atoms with van der Waals surface area (Å²) < 4.78 is 14.0.